The van der Waals surface area contributed by atoms with E-state index in [-0.39, 0.29) is 16.7 Å². The molecule has 4 heterocycles. The topological polar surface area (TPSA) is 122 Å². The number of rotatable bonds is 7. The molecule has 0 amide bonds. The Balaban J connectivity index is 1.44. The second-order valence-electron chi connectivity index (χ2n) is 8.62. The number of halogens is 3. The molecule has 182 valence electrons. The molecular formula is C23H22F3N7O2. The van der Waals surface area contributed by atoms with Crippen LogP contribution < -0.4 is 5.56 Å². The van der Waals surface area contributed by atoms with Crippen molar-refractivity contribution >= 4 is 11.0 Å². The van der Waals surface area contributed by atoms with Gasteiger partial charge in [-0.3, -0.25) is 9.78 Å². The zero-order chi connectivity index (χ0) is 24.7. The lowest BCUT2D eigenvalue weighted by Crippen LogP contribution is -2.16. The molecule has 1 saturated carbocycles. The molecule has 0 aliphatic heterocycles. The van der Waals surface area contributed by atoms with Crippen molar-refractivity contribution in [2.24, 2.45) is 0 Å². The number of aromatic nitrogens is 7. The first-order valence-electron chi connectivity index (χ1n) is 11.2. The van der Waals surface area contributed by atoms with Gasteiger partial charge in [0.1, 0.15) is 28.4 Å². The number of aliphatic hydroxyl groups is 1. The Kier molecular flexibility index (Phi) is 5.83. The number of H-pyrrole nitrogens is 1. The van der Waals surface area contributed by atoms with Gasteiger partial charge in [0.05, 0.1) is 12.6 Å². The summed E-state index contributed by atoms with van der Waals surface area (Å²) in [5.41, 5.74) is 0.479. The highest BCUT2D eigenvalue weighted by molar-refractivity contribution is 5.77. The predicted molar refractivity (Wildman–Crippen MR) is 119 cm³/mol. The van der Waals surface area contributed by atoms with Crippen LogP contribution in [-0.4, -0.2) is 39.8 Å². The molecule has 0 bridgehead atoms. The maximum Gasteiger partial charge on any atom is 0.433 e. The van der Waals surface area contributed by atoms with Crippen molar-refractivity contribution in [1.82, 2.24) is 34.7 Å². The van der Waals surface area contributed by atoms with Gasteiger partial charge in [-0.1, -0.05) is 6.07 Å². The highest BCUT2D eigenvalue weighted by Crippen LogP contribution is 2.39. The van der Waals surface area contributed by atoms with Crippen LogP contribution in [0.3, 0.4) is 0 Å². The van der Waals surface area contributed by atoms with Gasteiger partial charge >= 0.3 is 6.18 Å². The minimum Gasteiger partial charge on any atom is -0.390 e. The van der Waals surface area contributed by atoms with Crippen molar-refractivity contribution in [2.75, 3.05) is 0 Å². The summed E-state index contributed by atoms with van der Waals surface area (Å²) in [6, 6.07) is 1.61. The molecule has 2 N–H and O–H groups in total. The fraction of sp³-hybridized carbons (Fsp3) is 0.391. The first-order valence-corrected chi connectivity index (χ1v) is 11.2. The van der Waals surface area contributed by atoms with Gasteiger partial charge in [0, 0.05) is 31.4 Å². The number of aliphatic hydroxyl groups excluding tert-OH is 1. The van der Waals surface area contributed by atoms with Crippen molar-refractivity contribution in [2.45, 2.75) is 57.3 Å². The molecule has 9 nitrogen and oxygen atoms in total. The molecule has 0 saturated heterocycles. The number of nitrogens with one attached hydrogen (secondary N) is 1. The number of hydrogen-bond acceptors (Lipinski definition) is 7. The Morgan fingerprint density at radius 3 is 2.49 bits per heavy atom. The van der Waals surface area contributed by atoms with E-state index >= 15 is 0 Å². The molecule has 1 aliphatic rings. The number of nitrogens with zero attached hydrogens (tertiary/aromatic N) is 6. The van der Waals surface area contributed by atoms with Crippen LogP contribution in [0.25, 0.3) is 11.0 Å². The van der Waals surface area contributed by atoms with E-state index < -0.39 is 30.1 Å². The molecule has 0 radical (unpaired) electrons. The first kappa shape index (κ1) is 23.1. The van der Waals surface area contributed by atoms with Crippen LogP contribution in [0.15, 0.2) is 35.5 Å². The van der Waals surface area contributed by atoms with Gasteiger partial charge < -0.3 is 10.1 Å². The average Bonchev–Trinajstić information content (AvgIpc) is 3.63. The molecule has 0 spiro atoms. The predicted octanol–water partition coefficient (Wildman–Crippen LogP) is 3.09. The number of pyridine rings is 1. The van der Waals surface area contributed by atoms with Gasteiger partial charge in [-0.05, 0) is 42.9 Å². The Labute approximate surface area is 197 Å². The first-order chi connectivity index (χ1) is 16.7. The molecule has 1 atom stereocenters. The lowest BCUT2D eigenvalue weighted by Gasteiger charge is -2.14. The van der Waals surface area contributed by atoms with E-state index in [2.05, 4.69) is 30.0 Å². The third kappa shape index (κ3) is 4.65. The third-order valence-corrected chi connectivity index (χ3v) is 6.12. The normalized spacial score (nSPS) is 15.0. The molecule has 1 aliphatic carbocycles. The zero-order valence-electron chi connectivity index (χ0n) is 18.7. The van der Waals surface area contributed by atoms with E-state index in [4.69, 9.17) is 0 Å². The molecule has 4 aromatic heterocycles. The molecule has 12 heteroatoms. The minimum atomic E-state index is -4.55. The van der Waals surface area contributed by atoms with Gasteiger partial charge in [0.15, 0.2) is 5.65 Å². The molecule has 0 aromatic carbocycles. The molecule has 1 fully saturated rings. The van der Waals surface area contributed by atoms with Crippen molar-refractivity contribution in [3.8, 4) is 0 Å². The van der Waals surface area contributed by atoms with Crippen molar-refractivity contribution in [1.29, 1.82) is 0 Å². The van der Waals surface area contributed by atoms with E-state index in [1.54, 1.807) is 6.92 Å². The Bertz CT molecular complexity index is 1410. The molecule has 35 heavy (non-hydrogen) atoms. The minimum absolute atomic E-state index is 0.131. The number of aromatic amines is 1. The summed E-state index contributed by atoms with van der Waals surface area (Å²) < 4.78 is 40.1. The van der Waals surface area contributed by atoms with E-state index in [1.807, 2.05) is 12.4 Å². The Morgan fingerprint density at radius 2 is 1.89 bits per heavy atom. The summed E-state index contributed by atoms with van der Waals surface area (Å²) >= 11 is 0. The highest BCUT2D eigenvalue weighted by atomic mass is 19.4. The molecule has 5 rings (SSSR count). The maximum absolute atomic E-state index is 12.9. The van der Waals surface area contributed by atoms with E-state index in [9.17, 15) is 23.1 Å². The van der Waals surface area contributed by atoms with Gasteiger partial charge in [0.2, 0.25) is 0 Å². The van der Waals surface area contributed by atoms with Crippen LogP contribution in [0.5, 0.6) is 0 Å². The number of fused-ring (bicyclic) bond motifs is 1. The smallest absolute Gasteiger partial charge is 0.390 e. The van der Waals surface area contributed by atoms with Crippen molar-refractivity contribution < 1.29 is 18.3 Å². The second kappa shape index (κ2) is 8.84. The lowest BCUT2D eigenvalue weighted by atomic mass is 10.1. The van der Waals surface area contributed by atoms with E-state index in [0.717, 1.165) is 17.8 Å². The quantitative estimate of drug-likeness (QED) is 0.412. The summed E-state index contributed by atoms with van der Waals surface area (Å²) in [6.07, 6.45) is 3.40. The maximum atomic E-state index is 12.9. The largest absolute Gasteiger partial charge is 0.433 e. The standard InChI is InChI=1S/C23H22F3N7O2/c1-12(14-4-5-17(27-8-14)23(24,25)26)33-21-20(16(11-34)32-33)22(35)31-19(30-21)7-6-18-28-9-15(10-29-18)13-2-3-13/h4-5,8-10,12-13,34H,2-3,6-7,11H2,1H3,(H,30,31,35). The summed E-state index contributed by atoms with van der Waals surface area (Å²) in [5, 5.41) is 14.2. The summed E-state index contributed by atoms with van der Waals surface area (Å²) in [6.45, 7) is 1.21. The summed E-state index contributed by atoms with van der Waals surface area (Å²) in [5.74, 6) is 1.58. The highest BCUT2D eigenvalue weighted by Gasteiger charge is 2.32. The molecule has 1 unspecified atom stereocenters. The number of hydrogen-bond donors (Lipinski definition) is 2. The zero-order valence-corrected chi connectivity index (χ0v) is 18.7. The van der Waals surface area contributed by atoms with Crippen molar-refractivity contribution in [3.63, 3.8) is 0 Å². The number of alkyl halides is 3. The van der Waals surface area contributed by atoms with Gasteiger partial charge in [0.25, 0.3) is 5.56 Å². The van der Waals surface area contributed by atoms with Gasteiger partial charge in [-0.15, -0.1) is 0 Å². The molecular weight excluding hydrogens is 463 g/mol. The fourth-order valence-electron chi connectivity index (χ4n) is 3.97. The van der Waals surface area contributed by atoms with Gasteiger partial charge in [-0.2, -0.15) is 18.3 Å². The monoisotopic (exact) mass is 485 g/mol. The lowest BCUT2D eigenvalue weighted by molar-refractivity contribution is -0.141. The second-order valence-corrected chi connectivity index (χ2v) is 8.62. The van der Waals surface area contributed by atoms with Gasteiger partial charge in [-0.25, -0.2) is 19.6 Å². The van der Waals surface area contributed by atoms with Crippen LogP contribution in [0.1, 0.15) is 65.9 Å². The van der Waals surface area contributed by atoms with Crippen LogP contribution in [0.2, 0.25) is 0 Å². The summed E-state index contributed by atoms with van der Waals surface area (Å²) in [4.78, 5) is 32.4. The van der Waals surface area contributed by atoms with E-state index in [1.165, 1.54) is 23.6 Å². The molecule has 4 aromatic rings. The SMILES string of the molecule is CC(c1ccc(C(F)(F)F)nc1)n1nc(CO)c2c(=O)[nH]c(CCc3ncc(C4CC4)cn3)nc21. The third-order valence-electron chi connectivity index (χ3n) is 6.12. The van der Waals surface area contributed by atoms with Crippen LogP contribution in [0, 0.1) is 0 Å². The van der Waals surface area contributed by atoms with Crippen LogP contribution >= 0.6 is 0 Å². The summed E-state index contributed by atoms with van der Waals surface area (Å²) in [7, 11) is 0. The van der Waals surface area contributed by atoms with Crippen LogP contribution in [0.4, 0.5) is 13.2 Å². The Hall–Kier alpha value is -3.67. The average molecular weight is 485 g/mol. The Morgan fingerprint density at radius 1 is 1.14 bits per heavy atom. The number of aryl methyl sites for hydroxylation is 2. The van der Waals surface area contributed by atoms with E-state index in [0.29, 0.717) is 36.0 Å². The van der Waals surface area contributed by atoms with Crippen LogP contribution in [-0.2, 0) is 25.6 Å². The van der Waals surface area contributed by atoms with Crippen molar-refractivity contribution in [3.05, 3.63) is 75.2 Å². The fourth-order valence-corrected chi connectivity index (χ4v) is 3.97.